The summed E-state index contributed by atoms with van der Waals surface area (Å²) in [4.78, 5) is 11.3. The highest BCUT2D eigenvalue weighted by molar-refractivity contribution is 6.51. The highest BCUT2D eigenvalue weighted by Crippen LogP contribution is 2.40. The van der Waals surface area contributed by atoms with Gasteiger partial charge >= 0.3 is 12.3 Å². The summed E-state index contributed by atoms with van der Waals surface area (Å²) < 4.78 is 50.0. The average Bonchev–Trinajstić information content (AvgIpc) is 2.25. The van der Waals surface area contributed by atoms with Crippen molar-refractivity contribution in [3.05, 3.63) is 31.7 Å². The number of hydrogen-bond acceptors (Lipinski definition) is 1. The summed E-state index contributed by atoms with van der Waals surface area (Å²) in [5.41, 5.74) is -0.988. The van der Waals surface area contributed by atoms with E-state index < -0.39 is 38.8 Å². The zero-order valence-electron chi connectivity index (χ0n) is 8.09. The number of carbonyl (C=O) groups excluding carboxylic acids is 1. The molecule has 0 amide bonds. The molecule has 100 valence electrons. The maximum atomic E-state index is 12.9. The molecule has 0 heterocycles. The molecule has 1 aromatic rings. The second-order valence-electron chi connectivity index (χ2n) is 3.10. The third-order valence-corrected chi connectivity index (χ3v) is 3.48. The molecule has 1 rings (SSSR count). The molecule has 1 aromatic carbocycles. The fraction of sp³-hybridized carbons (Fsp3) is 0.222. The van der Waals surface area contributed by atoms with Crippen LogP contribution in [0, 0.1) is 0 Å². The maximum Gasteiger partial charge on any atom is 0.368 e. The molecule has 0 aliphatic rings. The van der Waals surface area contributed by atoms with Gasteiger partial charge in [0.2, 0.25) is 5.78 Å². The number of carbonyl (C=O) groups is 1. The van der Waals surface area contributed by atoms with Crippen molar-refractivity contribution in [2.24, 2.45) is 0 Å². The van der Waals surface area contributed by atoms with E-state index in [1.54, 1.807) is 0 Å². The molecule has 0 saturated carbocycles. The Labute approximate surface area is 119 Å². The Kier molecular flexibility index (Phi) is 4.76. The third kappa shape index (κ3) is 2.69. The zero-order chi connectivity index (χ0) is 14.2. The standard InChI is InChI=1S/C9H2Cl4F4O/c10-2-1-3(11)5(12)6(13)4(2)7(18)9(16,17)8(14)15/h1,8H. The van der Waals surface area contributed by atoms with Crippen LogP contribution in [0.4, 0.5) is 17.6 Å². The zero-order valence-corrected chi connectivity index (χ0v) is 11.1. The quantitative estimate of drug-likeness (QED) is 0.311. The molecule has 0 aliphatic carbocycles. The molecule has 0 N–H and O–H groups in total. The molecule has 0 radical (unpaired) electrons. The SMILES string of the molecule is O=C(c1c(Cl)cc(Cl)c(Cl)c1Cl)C(F)(F)C(F)F. The van der Waals surface area contributed by atoms with E-state index in [2.05, 4.69) is 0 Å². The summed E-state index contributed by atoms with van der Waals surface area (Å²) in [6.45, 7) is 0. The molecule has 0 spiro atoms. The van der Waals surface area contributed by atoms with Crippen LogP contribution in [-0.2, 0) is 0 Å². The Bertz CT molecular complexity index is 504. The molecule has 9 heteroatoms. The van der Waals surface area contributed by atoms with E-state index in [1.807, 2.05) is 0 Å². The lowest BCUT2D eigenvalue weighted by Gasteiger charge is -2.16. The highest BCUT2D eigenvalue weighted by Gasteiger charge is 2.50. The predicted molar refractivity (Wildman–Crippen MR) is 61.8 cm³/mol. The van der Waals surface area contributed by atoms with E-state index >= 15 is 0 Å². The molecule has 0 atom stereocenters. The van der Waals surface area contributed by atoms with Crippen LogP contribution in [0.25, 0.3) is 0 Å². The fourth-order valence-corrected chi connectivity index (χ4v) is 2.12. The van der Waals surface area contributed by atoms with Gasteiger partial charge in [0, 0.05) is 0 Å². The van der Waals surface area contributed by atoms with Gasteiger partial charge < -0.3 is 0 Å². The molecule has 0 saturated heterocycles. The lowest BCUT2D eigenvalue weighted by Crippen LogP contribution is -2.36. The minimum atomic E-state index is -4.91. The summed E-state index contributed by atoms with van der Waals surface area (Å²) >= 11 is 22.0. The normalized spacial score (nSPS) is 12.1. The Balaban J connectivity index is 3.44. The van der Waals surface area contributed by atoms with E-state index in [1.165, 1.54) is 0 Å². The molecule has 0 aromatic heterocycles. The number of hydrogen-bond donors (Lipinski definition) is 0. The van der Waals surface area contributed by atoms with Gasteiger partial charge in [-0.25, -0.2) is 8.78 Å². The predicted octanol–water partition coefficient (Wildman–Crippen LogP) is 5.38. The van der Waals surface area contributed by atoms with E-state index in [0.717, 1.165) is 6.07 Å². The van der Waals surface area contributed by atoms with Crippen molar-refractivity contribution in [2.75, 3.05) is 0 Å². The van der Waals surface area contributed by atoms with Crippen LogP contribution in [0.2, 0.25) is 20.1 Å². The van der Waals surface area contributed by atoms with Crippen LogP contribution in [0.5, 0.6) is 0 Å². The monoisotopic (exact) mass is 342 g/mol. The van der Waals surface area contributed by atoms with Crippen molar-refractivity contribution in [3.63, 3.8) is 0 Å². The molecule has 18 heavy (non-hydrogen) atoms. The third-order valence-electron chi connectivity index (χ3n) is 1.92. The second kappa shape index (κ2) is 5.41. The van der Waals surface area contributed by atoms with E-state index in [0.29, 0.717) is 0 Å². The lowest BCUT2D eigenvalue weighted by molar-refractivity contribution is -0.0958. The smallest absolute Gasteiger partial charge is 0.287 e. The Morgan fingerprint density at radius 3 is 2.00 bits per heavy atom. The number of alkyl halides is 4. The van der Waals surface area contributed by atoms with Crippen molar-refractivity contribution in [1.29, 1.82) is 0 Å². The number of halogens is 8. The van der Waals surface area contributed by atoms with Gasteiger partial charge in [0.05, 0.1) is 25.7 Å². The van der Waals surface area contributed by atoms with Crippen LogP contribution >= 0.6 is 46.4 Å². The first-order valence-electron chi connectivity index (χ1n) is 4.14. The Morgan fingerprint density at radius 2 is 1.56 bits per heavy atom. The highest BCUT2D eigenvalue weighted by atomic mass is 35.5. The summed E-state index contributed by atoms with van der Waals surface area (Å²) in [5.74, 6) is -7.13. The molecule has 0 unspecified atom stereocenters. The van der Waals surface area contributed by atoms with E-state index in [4.69, 9.17) is 46.4 Å². The van der Waals surface area contributed by atoms with Gasteiger partial charge in [-0.1, -0.05) is 46.4 Å². The van der Waals surface area contributed by atoms with Crippen molar-refractivity contribution in [3.8, 4) is 0 Å². The number of ketones is 1. The molecular formula is C9H2Cl4F4O. The van der Waals surface area contributed by atoms with Crippen LogP contribution in [0.15, 0.2) is 6.07 Å². The first-order chi connectivity index (χ1) is 8.10. The molecule has 0 aliphatic heterocycles. The Morgan fingerprint density at radius 1 is 1.06 bits per heavy atom. The topological polar surface area (TPSA) is 17.1 Å². The van der Waals surface area contributed by atoms with Gasteiger partial charge in [-0.05, 0) is 6.07 Å². The van der Waals surface area contributed by atoms with Gasteiger partial charge in [0.25, 0.3) is 0 Å². The van der Waals surface area contributed by atoms with Crippen LogP contribution in [0.1, 0.15) is 10.4 Å². The van der Waals surface area contributed by atoms with Crippen molar-refractivity contribution < 1.29 is 22.4 Å². The van der Waals surface area contributed by atoms with Gasteiger partial charge in [-0.15, -0.1) is 0 Å². The number of benzene rings is 1. The molecule has 1 nitrogen and oxygen atoms in total. The average molecular weight is 344 g/mol. The van der Waals surface area contributed by atoms with Crippen molar-refractivity contribution in [2.45, 2.75) is 12.3 Å². The summed E-state index contributed by atoms with van der Waals surface area (Å²) in [7, 11) is 0. The summed E-state index contributed by atoms with van der Waals surface area (Å²) in [5, 5.41) is -1.89. The van der Waals surface area contributed by atoms with Gasteiger partial charge in [0.15, 0.2) is 0 Å². The van der Waals surface area contributed by atoms with E-state index in [9.17, 15) is 22.4 Å². The minimum Gasteiger partial charge on any atom is -0.287 e. The van der Waals surface area contributed by atoms with Crippen LogP contribution in [0.3, 0.4) is 0 Å². The summed E-state index contributed by atoms with van der Waals surface area (Å²) in [6.07, 6.45) is -4.19. The van der Waals surface area contributed by atoms with Crippen LogP contribution < -0.4 is 0 Å². The number of Topliss-reactive ketones (excluding diaryl/α,β-unsaturated/α-hetero) is 1. The second-order valence-corrected chi connectivity index (χ2v) is 4.67. The minimum absolute atomic E-state index is 0.191. The van der Waals surface area contributed by atoms with Crippen molar-refractivity contribution >= 4 is 52.2 Å². The maximum absolute atomic E-state index is 12.9. The van der Waals surface area contributed by atoms with Gasteiger partial charge in [0.1, 0.15) is 0 Å². The van der Waals surface area contributed by atoms with Crippen molar-refractivity contribution in [1.82, 2.24) is 0 Å². The molecular weight excluding hydrogens is 342 g/mol. The first-order valence-corrected chi connectivity index (χ1v) is 5.65. The largest absolute Gasteiger partial charge is 0.368 e. The van der Waals surface area contributed by atoms with Crippen LogP contribution in [-0.4, -0.2) is 18.1 Å². The number of rotatable bonds is 3. The Hall–Kier alpha value is -0.230. The molecule has 0 fully saturated rings. The van der Waals surface area contributed by atoms with Gasteiger partial charge in [-0.2, -0.15) is 8.78 Å². The fourth-order valence-electron chi connectivity index (χ4n) is 1.04. The molecule has 0 bridgehead atoms. The van der Waals surface area contributed by atoms with E-state index in [-0.39, 0.29) is 5.02 Å². The lowest BCUT2D eigenvalue weighted by atomic mass is 10.1. The van der Waals surface area contributed by atoms with Gasteiger partial charge in [-0.3, -0.25) is 4.79 Å². The first kappa shape index (κ1) is 15.8. The summed E-state index contributed by atoms with van der Waals surface area (Å²) in [6, 6.07) is 0.867.